The molecule has 0 spiro atoms. The lowest BCUT2D eigenvalue weighted by atomic mass is 10.0. The normalized spacial score (nSPS) is 15.0. The second-order valence-corrected chi connectivity index (χ2v) is 8.79. The Kier molecular flexibility index (Phi) is 6.49. The maximum absolute atomic E-state index is 13.0. The Morgan fingerprint density at radius 1 is 0.848 bits per heavy atom. The van der Waals surface area contributed by atoms with Crippen molar-refractivity contribution in [1.29, 1.82) is 0 Å². The monoisotopic (exact) mass is 438 g/mol. The Balaban J connectivity index is 1.22. The van der Waals surface area contributed by atoms with Crippen LogP contribution >= 0.6 is 0 Å². The SMILES string of the molecule is O=c1c2ccccc2ncn1C1CCN(CCN(Cc2ccccc2)c2ccccc2)CC1. The van der Waals surface area contributed by atoms with Gasteiger partial charge in [0, 0.05) is 44.5 Å². The van der Waals surface area contributed by atoms with Crippen LogP contribution in [0.5, 0.6) is 0 Å². The average Bonchev–Trinajstić information content (AvgIpc) is 2.88. The van der Waals surface area contributed by atoms with Crippen molar-refractivity contribution in [3.63, 3.8) is 0 Å². The van der Waals surface area contributed by atoms with Gasteiger partial charge >= 0.3 is 0 Å². The van der Waals surface area contributed by atoms with E-state index in [4.69, 9.17) is 0 Å². The number of likely N-dealkylation sites (tertiary alicyclic amines) is 1. The van der Waals surface area contributed by atoms with Gasteiger partial charge in [0.25, 0.3) is 5.56 Å². The van der Waals surface area contributed by atoms with Gasteiger partial charge in [0.1, 0.15) is 0 Å². The summed E-state index contributed by atoms with van der Waals surface area (Å²) >= 11 is 0. The topological polar surface area (TPSA) is 41.4 Å². The average molecular weight is 439 g/mol. The first-order valence-corrected chi connectivity index (χ1v) is 11.8. The first kappa shape index (κ1) is 21.4. The third-order valence-corrected chi connectivity index (χ3v) is 6.66. The van der Waals surface area contributed by atoms with E-state index < -0.39 is 0 Å². The Morgan fingerprint density at radius 3 is 2.27 bits per heavy atom. The van der Waals surface area contributed by atoms with Gasteiger partial charge in [0.05, 0.1) is 17.2 Å². The van der Waals surface area contributed by atoms with E-state index in [1.807, 2.05) is 28.8 Å². The summed E-state index contributed by atoms with van der Waals surface area (Å²) in [4.78, 5) is 22.5. The fourth-order valence-electron chi connectivity index (χ4n) is 4.77. The van der Waals surface area contributed by atoms with Gasteiger partial charge in [-0.1, -0.05) is 60.7 Å². The van der Waals surface area contributed by atoms with Crippen molar-refractivity contribution in [1.82, 2.24) is 14.5 Å². The number of hydrogen-bond acceptors (Lipinski definition) is 4. The van der Waals surface area contributed by atoms with Crippen molar-refractivity contribution < 1.29 is 0 Å². The number of anilines is 1. The molecule has 1 aromatic heterocycles. The third-order valence-electron chi connectivity index (χ3n) is 6.66. The molecule has 1 aliphatic heterocycles. The molecular weight excluding hydrogens is 408 g/mol. The minimum absolute atomic E-state index is 0.0807. The molecule has 4 aromatic rings. The van der Waals surface area contributed by atoms with Crippen LogP contribution in [0.2, 0.25) is 0 Å². The zero-order valence-electron chi connectivity index (χ0n) is 18.9. The second kappa shape index (κ2) is 10.0. The van der Waals surface area contributed by atoms with Crippen molar-refractivity contribution >= 4 is 16.6 Å². The predicted molar refractivity (Wildman–Crippen MR) is 135 cm³/mol. The van der Waals surface area contributed by atoms with Crippen LogP contribution in [0.3, 0.4) is 0 Å². The van der Waals surface area contributed by atoms with Crippen LogP contribution in [-0.4, -0.2) is 40.6 Å². The molecule has 5 heteroatoms. The van der Waals surface area contributed by atoms with Gasteiger partial charge in [0.15, 0.2) is 0 Å². The molecule has 0 bridgehead atoms. The van der Waals surface area contributed by atoms with Gasteiger partial charge in [-0.2, -0.15) is 0 Å². The van der Waals surface area contributed by atoms with Crippen molar-refractivity contribution in [2.75, 3.05) is 31.1 Å². The summed E-state index contributed by atoms with van der Waals surface area (Å²) in [6.45, 7) is 4.88. The van der Waals surface area contributed by atoms with Crippen LogP contribution in [0.1, 0.15) is 24.4 Å². The molecule has 0 saturated carbocycles. The van der Waals surface area contributed by atoms with E-state index in [2.05, 4.69) is 75.4 Å². The Bertz CT molecular complexity index is 1230. The van der Waals surface area contributed by atoms with Crippen molar-refractivity contribution in [2.45, 2.75) is 25.4 Å². The Labute approximate surface area is 194 Å². The highest BCUT2D eigenvalue weighted by atomic mass is 16.1. The van der Waals surface area contributed by atoms with Gasteiger partial charge in [-0.3, -0.25) is 9.36 Å². The summed E-state index contributed by atoms with van der Waals surface area (Å²) < 4.78 is 1.85. The zero-order chi connectivity index (χ0) is 22.5. The fraction of sp³-hybridized carbons (Fsp3) is 0.286. The minimum Gasteiger partial charge on any atom is -0.366 e. The summed E-state index contributed by atoms with van der Waals surface area (Å²) in [5.41, 5.74) is 3.43. The molecule has 2 heterocycles. The van der Waals surface area contributed by atoms with Crippen molar-refractivity contribution in [2.24, 2.45) is 0 Å². The third kappa shape index (κ3) is 4.99. The number of piperidine rings is 1. The molecule has 0 unspecified atom stereocenters. The van der Waals surface area contributed by atoms with E-state index in [0.717, 1.165) is 51.1 Å². The van der Waals surface area contributed by atoms with Gasteiger partial charge in [-0.15, -0.1) is 0 Å². The highest BCUT2D eigenvalue weighted by Gasteiger charge is 2.22. The number of para-hydroxylation sites is 2. The highest BCUT2D eigenvalue weighted by Crippen LogP contribution is 2.22. The summed E-state index contributed by atoms with van der Waals surface area (Å²) in [6, 6.07) is 29.1. The molecule has 0 N–H and O–H groups in total. The summed E-state index contributed by atoms with van der Waals surface area (Å²) in [5, 5.41) is 0.710. The van der Waals surface area contributed by atoms with Gasteiger partial charge in [-0.05, 0) is 42.7 Å². The van der Waals surface area contributed by atoms with E-state index in [1.54, 1.807) is 6.33 Å². The van der Waals surface area contributed by atoms with Gasteiger partial charge in [-0.25, -0.2) is 4.98 Å². The molecule has 0 aliphatic carbocycles. The van der Waals surface area contributed by atoms with E-state index in [9.17, 15) is 4.79 Å². The lowest BCUT2D eigenvalue weighted by Crippen LogP contribution is -2.41. The molecule has 1 fully saturated rings. The molecule has 0 amide bonds. The lowest BCUT2D eigenvalue weighted by Gasteiger charge is -2.34. The van der Waals surface area contributed by atoms with Crippen LogP contribution in [-0.2, 0) is 6.54 Å². The molecule has 0 atom stereocenters. The molecular formula is C28H30N4O. The maximum atomic E-state index is 13.0. The lowest BCUT2D eigenvalue weighted by molar-refractivity contribution is 0.187. The van der Waals surface area contributed by atoms with Crippen LogP contribution in [0.15, 0.2) is 96.1 Å². The van der Waals surface area contributed by atoms with Crippen LogP contribution in [0.4, 0.5) is 5.69 Å². The number of hydrogen-bond donors (Lipinski definition) is 0. The van der Waals surface area contributed by atoms with Crippen LogP contribution < -0.4 is 10.5 Å². The predicted octanol–water partition coefficient (Wildman–Crippen LogP) is 4.74. The maximum Gasteiger partial charge on any atom is 0.261 e. The highest BCUT2D eigenvalue weighted by molar-refractivity contribution is 5.76. The summed E-state index contributed by atoms with van der Waals surface area (Å²) in [5.74, 6) is 0. The molecule has 3 aromatic carbocycles. The zero-order valence-corrected chi connectivity index (χ0v) is 18.9. The quantitative estimate of drug-likeness (QED) is 0.418. The fourth-order valence-corrected chi connectivity index (χ4v) is 4.77. The standard InChI is InChI=1S/C28H30N4O/c33-28-26-13-7-8-14-27(26)29-22-32(28)25-15-17-30(18-16-25)19-20-31(24-11-5-2-6-12-24)21-23-9-3-1-4-10-23/h1-14,22,25H,15-21H2. The number of aromatic nitrogens is 2. The molecule has 1 aliphatic rings. The number of rotatable bonds is 7. The second-order valence-electron chi connectivity index (χ2n) is 8.79. The number of benzene rings is 3. The molecule has 33 heavy (non-hydrogen) atoms. The van der Waals surface area contributed by atoms with Gasteiger partial charge < -0.3 is 9.80 Å². The first-order chi connectivity index (χ1) is 16.3. The largest absolute Gasteiger partial charge is 0.366 e. The molecule has 168 valence electrons. The summed E-state index contributed by atoms with van der Waals surface area (Å²) in [7, 11) is 0. The van der Waals surface area contributed by atoms with Crippen LogP contribution in [0, 0.1) is 0 Å². The number of nitrogens with zero attached hydrogens (tertiary/aromatic N) is 4. The van der Waals surface area contributed by atoms with Crippen molar-refractivity contribution in [3.05, 3.63) is 107 Å². The van der Waals surface area contributed by atoms with Crippen molar-refractivity contribution in [3.8, 4) is 0 Å². The Morgan fingerprint density at radius 2 is 1.52 bits per heavy atom. The van der Waals surface area contributed by atoms with E-state index >= 15 is 0 Å². The smallest absolute Gasteiger partial charge is 0.261 e. The van der Waals surface area contributed by atoms with E-state index in [1.165, 1.54) is 11.3 Å². The number of fused-ring (bicyclic) bond motifs is 1. The minimum atomic E-state index is 0.0807. The van der Waals surface area contributed by atoms with Gasteiger partial charge in [0.2, 0.25) is 0 Å². The van der Waals surface area contributed by atoms with E-state index in [-0.39, 0.29) is 11.6 Å². The molecule has 5 nitrogen and oxygen atoms in total. The Hall–Kier alpha value is -3.44. The van der Waals surface area contributed by atoms with Crippen LogP contribution in [0.25, 0.3) is 10.9 Å². The summed E-state index contributed by atoms with van der Waals surface area (Å²) in [6.07, 6.45) is 3.69. The molecule has 1 saturated heterocycles. The van der Waals surface area contributed by atoms with E-state index in [0.29, 0.717) is 5.39 Å². The first-order valence-electron chi connectivity index (χ1n) is 11.8. The molecule has 5 rings (SSSR count). The molecule has 0 radical (unpaired) electrons.